The smallest absolute Gasteiger partial charge is 0.328 e. The van der Waals surface area contributed by atoms with E-state index in [2.05, 4.69) is 6.58 Å². The number of phenolic OH excluding ortho intramolecular Hbond substituents is 1. The van der Waals surface area contributed by atoms with Crippen LogP contribution in [0.3, 0.4) is 0 Å². The molecule has 0 amide bonds. The van der Waals surface area contributed by atoms with Gasteiger partial charge in [0.1, 0.15) is 11.3 Å². The van der Waals surface area contributed by atoms with Gasteiger partial charge < -0.3 is 15.9 Å². The molecule has 0 spiro atoms. The number of carboxylic acid groups (broad SMARTS) is 1. The summed E-state index contributed by atoms with van der Waals surface area (Å²) < 4.78 is 0. The van der Waals surface area contributed by atoms with Crippen LogP contribution < -0.4 is 5.73 Å². The Hall–Kier alpha value is -1.81. The van der Waals surface area contributed by atoms with Gasteiger partial charge in [-0.05, 0) is 17.7 Å². The maximum absolute atomic E-state index is 10.9. The minimum atomic E-state index is -1.46. The van der Waals surface area contributed by atoms with Crippen molar-refractivity contribution < 1.29 is 15.0 Å². The van der Waals surface area contributed by atoms with Crippen LogP contribution in [0.5, 0.6) is 5.75 Å². The summed E-state index contributed by atoms with van der Waals surface area (Å²) in [6.45, 7) is 3.41. The molecule has 0 heterocycles. The second kappa shape index (κ2) is 4.14. The van der Waals surface area contributed by atoms with Gasteiger partial charge in [-0.3, -0.25) is 0 Å². The van der Waals surface area contributed by atoms with Gasteiger partial charge in [0.25, 0.3) is 0 Å². The Morgan fingerprint density at radius 2 is 2.00 bits per heavy atom. The highest BCUT2D eigenvalue weighted by molar-refractivity contribution is 5.81. The van der Waals surface area contributed by atoms with Gasteiger partial charge in [0, 0.05) is 6.42 Å². The Morgan fingerprint density at radius 1 is 1.47 bits per heavy atom. The van der Waals surface area contributed by atoms with Crippen LogP contribution in [0.4, 0.5) is 0 Å². The summed E-state index contributed by atoms with van der Waals surface area (Å²) in [4.78, 5) is 10.9. The quantitative estimate of drug-likeness (QED) is 0.640. The normalized spacial score (nSPS) is 14.2. The van der Waals surface area contributed by atoms with E-state index < -0.39 is 11.5 Å². The lowest BCUT2D eigenvalue weighted by Crippen LogP contribution is -2.47. The first-order valence-electron chi connectivity index (χ1n) is 4.42. The summed E-state index contributed by atoms with van der Waals surface area (Å²) in [6, 6.07) is 6.23. The van der Waals surface area contributed by atoms with Crippen molar-refractivity contribution in [3.63, 3.8) is 0 Å². The number of rotatable bonds is 4. The monoisotopic (exact) mass is 207 g/mol. The molecule has 0 saturated carbocycles. The summed E-state index contributed by atoms with van der Waals surface area (Å²) in [5.41, 5.74) is 4.90. The van der Waals surface area contributed by atoms with Crippen molar-refractivity contribution in [2.75, 3.05) is 0 Å². The fourth-order valence-electron chi connectivity index (χ4n) is 1.19. The highest BCUT2D eigenvalue weighted by atomic mass is 16.4. The molecule has 0 aliphatic heterocycles. The third-order valence-electron chi connectivity index (χ3n) is 2.20. The zero-order chi connectivity index (χ0) is 11.5. The maximum Gasteiger partial charge on any atom is 0.328 e. The Balaban J connectivity index is 2.89. The van der Waals surface area contributed by atoms with Crippen LogP contribution in [-0.2, 0) is 11.2 Å². The van der Waals surface area contributed by atoms with Crippen molar-refractivity contribution in [2.24, 2.45) is 5.73 Å². The zero-order valence-corrected chi connectivity index (χ0v) is 8.18. The van der Waals surface area contributed by atoms with Gasteiger partial charge in [0.05, 0.1) is 0 Å². The number of aliphatic carboxylic acids is 1. The van der Waals surface area contributed by atoms with Gasteiger partial charge in [-0.1, -0.05) is 18.2 Å². The number of hydrogen-bond donors (Lipinski definition) is 3. The number of carboxylic acids is 1. The average Bonchev–Trinajstić information content (AvgIpc) is 2.21. The van der Waals surface area contributed by atoms with E-state index in [1.165, 1.54) is 18.2 Å². The first-order chi connectivity index (χ1) is 6.98. The summed E-state index contributed by atoms with van der Waals surface area (Å²) in [5, 5.41) is 18.0. The van der Waals surface area contributed by atoms with E-state index in [0.29, 0.717) is 0 Å². The van der Waals surface area contributed by atoms with E-state index in [1.54, 1.807) is 12.1 Å². The molecule has 1 rings (SSSR count). The second-order valence-corrected chi connectivity index (χ2v) is 3.39. The third kappa shape index (κ3) is 2.57. The highest BCUT2D eigenvalue weighted by Gasteiger charge is 2.30. The van der Waals surface area contributed by atoms with E-state index in [9.17, 15) is 4.79 Å². The molecule has 1 unspecified atom stereocenters. The minimum absolute atomic E-state index is 0.135. The fourth-order valence-corrected chi connectivity index (χ4v) is 1.19. The largest absolute Gasteiger partial charge is 0.508 e. The third-order valence-corrected chi connectivity index (χ3v) is 2.20. The standard InChI is InChI=1S/C11H13NO3/c1-2-11(12,10(14)15)7-8-3-5-9(13)6-4-8/h2-6,13H,1,7,12H2,(H,14,15). The SMILES string of the molecule is C=CC(N)(Cc1ccc(O)cc1)C(=O)O. The van der Waals surface area contributed by atoms with E-state index >= 15 is 0 Å². The molecule has 0 radical (unpaired) electrons. The zero-order valence-electron chi connectivity index (χ0n) is 8.18. The van der Waals surface area contributed by atoms with Gasteiger partial charge >= 0.3 is 5.97 Å². The number of nitrogens with two attached hydrogens (primary N) is 1. The van der Waals surface area contributed by atoms with Crippen molar-refractivity contribution in [3.8, 4) is 5.75 Å². The number of benzene rings is 1. The molecule has 4 heteroatoms. The Labute approximate surface area is 87.7 Å². The molecule has 0 aromatic heterocycles. The van der Waals surface area contributed by atoms with E-state index in [4.69, 9.17) is 15.9 Å². The molecule has 0 bridgehead atoms. The lowest BCUT2D eigenvalue weighted by Gasteiger charge is -2.20. The topological polar surface area (TPSA) is 83.5 Å². The van der Waals surface area contributed by atoms with E-state index in [1.807, 2.05) is 0 Å². The molecule has 15 heavy (non-hydrogen) atoms. The lowest BCUT2D eigenvalue weighted by molar-refractivity contribution is -0.141. The van der Waals surface area contributed by atoms with Crippen LogP contribution in [-0.4, -0.2) is 21.7 Å². The summed E-state index contributed by atoms with van der Waals surface area (Å²) in [5.74, 6) is -0.985. The van der Waals surface area contributed by atoms with Crippen LogP contribution >= 0.6 is 0 Å². The lowest BCUT2D eigenvalue weighted by atomic mass is 9.92. The van der Waals surface area contributed by atoms with Crippen molar-refractivity contribution >= 4 is 5.97 Å². The molecule has 80 valence electrons. The molecular formula is C11H13NO3. The molecule has 1 aromatic rings. The predicted molar refractivity (Wildman–Crippen MR) is 56.6 cm³/mol. The number of hydrogen-bond acceptors (Lipinski definition) is 3. The minimum Gasteiger partial charge on any atom is -0.508 e. The van der Waals surface area contributed by atoms with Gasteiger partial charge in [0.15, 0.2) is 0 Å². The molecule has 0 fully saturated rings. The predicted octanol–water partition coefficient (Wildman–Crippen LogP) is 0.903. The van der Waals surface area contributed by atoms with Gasteiger partial charge in [0.2, 0.25) is 0 Å². The highest BCUT2D eigenvalue weighted by Crippen LogP contribution is 2.15. The van der Waals surface area contributed by atoms with Crippen LogP contribution in [0.2, 0.25) is 0 Å². The molecule has 1 aromatic carbocycles. The van der Waals surface area contributed by atoms with Crippen LogP contribution in [0.15, 0.2) is 36.9 Å². The van der Waals surface area contributed by atoms with Gasteiger partial charge in [-0.2, -0.15) is 0 Å². The molecular weight excluding hydrogens is 194 g/mol. The Kier molecular flexibility index (Phi) is 3.11. The summed E-state index contributed by atoms with van der Waals surface area (Å²) in [6.07, 6.45) is 1.36. The van der Waals surface area contributed by atoms with E-state index in [-0.39, 0.29) is 12.2 Å². The average molecular weight is 207 g/mol. The number of phenols is 1. The van der Waals surface area contributed by atoms with Crippen molar-refractivity contribution in [2.45, 2.75) is 12.0 Å². The number of aromatic hydroxyl groups is 1. The summed E-state index contributed by atoms with van der Waals surface area (Å²) >= 11 is 0. The summed E-state index contributed by atoms with van der Waals surface area (Å²) in [7, 11) is 0. The Morgan fingerprint density at radius 3 is 2.40 bits per heavy atom. The Bertz CT molecular complexity index is 372. The first-order valence-corrected chi connectivity index (χ1v) is 4.42. The maximum atomic E-state index is 10.9. The molecule has 0 aliphatic rings. The van der Waals surface area contributed by atoms with E-state index in [0.717, 1.165) is 5.56 Å². The number of carbonyl (C=O) groups is 1. The van der Waals surface area contributed by atoms with Crippen LogP contribution in [0.1, 0.15) is 5.56 Å². The van der Waals surface area contributed by atoms with Crippen LogP contribution in [0, 0.1) is 0 Å². The van der Waals surface area contributed by atoms with Crippen molar-refractivity contribution in [1.29, 1.82) is 0 Å². The second-order valence-electron chi connectivity index (χ2n) is 3.39. The first kappa shape index (κ1) is 11.3. The molecule has 0 saturated heterocycles. The van der Waals surface area contributed by atoms with Gasteiger partial charge in [-0.25, -0.2) is 4.79 Å². The molecule has 0 aliphatic carbocycles. The fraction of sp³-hybridized carbons (Fsp3) is 0.182. The van der Waals surface area contributed by atoms with Gasteiger partial charge in [-0.15, -0.1) is 6.58 Å². The molecule has 4 nitrogen and oxygen atoms in total. The molecule has 4 N–H and O–H groups in total. The molecule has 1 atom stereocenters. The van der Waals surface area contributed by atoms with Crippen molar-refractivity contribution in [3.05, 3.63) is 42.5 Å². The van der Waals surface area contributed by atoms with Crippen molar-refractivity contribution in [1.82, 2.24) is 0 Å². The van der Waals surface area contributed by atoms with Crippen LogP contribution in [0.25, 0.3) is 0 Å².